The Kier molecular flexibility index (Phi) is 4.33. The number of benzene rings is 2. The number of aromatic nitrogens is 2. The quantitative estimate of drug-likeness (QED) is 0.760. The molecule has 0 spiro atoms. The van der Waals surface area contributed by atoms with Crippen LogP contribution in [0, 0.1) is 5.82 Å². The Morgan fingerprint density at radius 2 is 2.04 bits per heavy atom. The van der Waals surface area contributed by atoms with Crippen LogP contribution in [0.2, 0.25) is 0 Å². The van der Waals surface area contributed by atoms with Crippen molar-refractivity contribution >= 4 is 11.6 Å². The first-order valence-corrected chi connectivity index (χ1v) is 6.98. The van der Waals surface area contributed by atoms with E-state index in [9.17, 15) is 9.18 Å². The van der Waals surface area contributed by atoms with E-state index in [1.165, 1.54) is 18.2 Å². The number of halogens is 1. The highest BCUT2D eigenvalue weighted by molar-refractivity contribution is 5.92. The Bertz CT molecular complexity index is 786. The molecule has 1 amide bonds. The van der Waals surface area contributed by atoms with Gasteiger partial charge >= 0.3 is 0 Å². The molecular weight excluding hydrogens is 297 g/mol. The van der Waals surface area contributed by atoms with Crippen LogP contribution in [0.25, 0.3) is 11.3 Å². The first-order chi connectivity index (χ1) is 11.2. The van der Waals surface area contributed by atoms with Crippen LogP contribution in [0.1, 0.15) is 0 Å². The number of nitrogens with one attached hydrogen (secondary N) is 2. The molecule has 0 aliphatic carbocycles. The number of anilines is 1. The minimum atomic E-state index is -0.405. The number of hydrogen-bond donors (Lipinski definition) is 2. The van der Waals surface area contributed by atoms with E-state index in [1.807, 2.05) is 12.1 Å². The average Bonchev–Trinajstić information content (AvgIpc) is 3.08. The van der Waals surface area contributed by atoms with E-state index < -0.39 is 5.82 Å². The van der Waals surface area contributed by atoms with Crippen LogP contribution in [-0.2, 0) is 4.79 Å². The van der Waals surface area contributed by atoms with Gasteiger partial charge in [-0.2, -0.15) is 0 Å². The maximum atomic E-state index is 13.0. The van der Waals surface area contributed by atoms with E-state index >= 15 is 0 Å². The molecule has 2 aromatic carbocycles. The summed E-state index contributed by atoms with van der Waals surface area (Å²) in [6, 6.07) is 13.0. The molecule has 3 aromatic rings. The van der Waals surface area contributed by atoms with Crippen molar-refractivity contribution in [3.05, 3.63) is 66.9 Å². The molecule has 0 unspecified atom stereocenters. The number of nitrogens with zero attached hydrogens (tertiary/aromatic N) is 1. The molecular formula is C17H14FN3O2. The van der Waals surface area contributed by atoms with E-state index in [1.54, 1.807) is 30.7 Å². The third-order valence-electron chi connectivity index (χ3n) is 3.14. The second kappa shape index (κ2) is 6.74. The normalized spacial score (nSPS) is 10.3. The van der Waals surface area contributed by atoms with Crippen molar-refractivity contribution in [3.63, 3.8) is 0 Å². The maximum Gasteiger partial charge on any atom is 0.262 e. The van der Waals surface area contributed by atoms with Crippen molar-refractivity contribution in [3.8, 4) is 17.0 Å². The summed E-state index contributed by atoms with van der Waals surface area (Å²) in [6.45, 7) is -0.189. The molecule has 0 radical (unpaired) electrons. The second-order valence-corrected chi connectivity index (χ2v) is 4.84. The molecule has 1 aromatic heterocycles. The summed E-state index contributed by atoms with van der Waals surface area (Å²) in [6.07, 6.45) is 3.33. The van der Waals surface area contributed by atoms with Crippen LogP contribution < -0.4 is 10.1 Å². The predicted octanol–water partition coefficient (Wildman–Crippen LogP) is 3.23. The third-order valence-corrected chi connectivity index (χ3v) is 3.14. The van der Waals surface area contributed by atoms with Gasteiger partial charge in [0, 0.05) is 11.8 Å². The van der Waals surface area contributed by atoms with Gasteiger partial charge in [-0.25, -0.2) is 9.37 Å². The number of ether oxygens (including phenoxy) is 1. The maximum absolute atomic E-state index is 13.0. The standard InChI is InChI=1S/C17H14FN3O2/c18-13-2-1-3-15(8-13)23-10-17(22)21-14-6-4-12(5-7-14)16-9-19-11-20-16/h1-9,11H,10H2,(H,19,20)(H,21,22). The minimum Gasteiger partial charge on any atom is -0.484 e. The van der Waals surface area contributed by atoms with Crippen LogP contribution in [-0.4, -0.2) is 22.5 Å². The smallest absolute Gasteiger partial charge is 0.262 e. The zero-order valence-electron chi connectivity index (χ0n) is 12.1. The second-order valence-electron chi connectivity index (χ2n) is 4.84. The molecule has 2 N–H and O–H groups in total. The van der Waals surface area contributed by atoms with Crippen molar-refractivity contribution < 1.29 is 13.9 Å². The van der Waals surface area contributed by atoms with Crippen LogP contribution in [0.4, 0.5) is 10.1 Å². The fourth-order valence-corrected chi connectivity index (χ4v) is 2.05. The van der Waals surface area contributed by atoms with Gasteiger partial charge < -0.3 is 15.0 Å². The lowest BCUT2D eigenvalue weighted by atomic mass is 10.1. The number of H-pyrrole nitrogens is 1. The van der Waals surface area contributed by atoms with Crippen LogP contribution in [0.5, 0.6) is 5.75 Å². The molecule has 0 saturated carbocycles. The molecule has 0 aliphatic heterocycles. The topological polar surface area (TPSA) is 67.0 Å². The van der Waals surface area contributed by atoms with Gasteiger partial charge in [0.15, 0.2) is 6.61 Å². The summed E-state index contributed by atoms with van der Waals surface area (Å²) in [5.41, 5.74) is 2.52. The first kappa shape index (κ1) is 14.8. The van der Waals surface area contributed by atoms with Gasteiger partial charge in [-0.3, -0.25) is 4.79 Å². The van der Waals surface area contributed by atoms with E-state index in [0.29, 0.717) is 11.4 Å². The number of amides is 1. The lowest BCUT2D eigenvalue weighted by molar-refractivity contribution is -0.118. The fraction of sp³-hybridized carbons (Fsp3) is 0.0588. The van der Waals surface area contributed by atoms with E-state index in [4.69, 9.17) is 4.74 Å². The van der Waals surface area contributed by atoms with Crippen molar-refractivity contribution in [2.24, 2.45) is 0 Å². The van der Waals surface area contributed by atoms with Crippen molar-refractivity contribution in [1.29, 1.82) is 0 Å². The van der Waals surface area contributed by atoms with E-state index in [2.05, 4.69) is 15.3 Å². The van der Waals surface area contributed by atoms with Gasteiger partial charge in [0.1, 0.15) is 11.6 Å². The molecule has 6 heteroatoms. The Morgan fingerprint density at radius 1 is 1.22 bits per heavy atom. The van der Waals surface area contributed by atoms with Gasteiger partial charge in [-0.1, -0.05) is 18.2 Å². The Labute approximate surface area is 132 Å². The third kappa shape index (κ3) is 3.94. The first-order valence-electron chi connectivity index (χ1n) is 6.98. The molecule has 23 heavy (non-hydrogen) atoms. The molecule has 3 rings (SSSR count). The highest BCUT2D eigenvalue weighted by atomic mass is 19.1. The monoisotopic (exact) mass is 311 g/mol. The van der Waals surface area contributed by atoms with Gasteiger partial charge in [0.2, 0.25) is 0 Å². The number of carbonyl (C=O) groups excluding carboxylic acids is 1. The average molecular weight is 311 g/mol. The van der Waals surface area contributed by atoms with Crippen molar-refractivity contribution in [1.82, 2.24) is 9.97 Å². The van der Waals surface area contributed by atoms with E-state index in [-0.39, 0.29) is 12.5 Å². The summed E-state index contributed by atoms with van der Waals surface area (Å²) in [5, 5.41) is 2.72. The van der Waals surface area contributed by atoms with Gasteiger partial charge in [-0.15, -0.1) is 0 Å². The molecule has 0 saturated heterocycles. The fourth-order valence-electron chi connectivity index (χ4n) is 2.05. The zero-order valence-corrected chi connectivity index (χ0v) is 12.1. The molecule has 5 nitrogen and oxygen atoms in total. The summed E-state index contributed by atoms with van der Waals surface area (Å²) in [7, 11) is 0. The van der Waals surface area contributed by atoms with Gasteiger partial charge in [0.05, 0.1) is 18.2 Å². The number of aromatic amines is 1. The SMILES string of the molecule is O=C(COc1cccc(F)c1)Nc1ccc(-c2cnc[nH]2)cc1. The lowest BCUT2D eigenvalue weighted by Gasteiger charge is -2.08. The van der Waals surface area contributed by atoms with Crippen LogP contribution in [0.3, 0.4) is 0 Å². The number of rotatable bonds is 5. The molecule has 0 fully saturated rings. The zero-order chi connectivity index (χ0) is 16.1. The predicted molar refractivity (Wildman–Crippen MR) is 84.5 cm³/mol. The van der Waals surface area contributed by atoms with Crippen molar-refractivity contribution in [2.75, 3.05) is 11.9 Å². The number of hydrogen-bond acceptors (Lipinski definition) is 3. The molecule has 0 bridgehead atoms. The van der Waals surface area contributed by atoms with Crippen LogP contribution >= 0.6 is 0 Å². The van der Waals surface area contributed by atoms with Gasteiger partial charge in [-0.05, 0) is 29.8 Å². The highest BCUT2D eigenvalue weighted by Crippen LogP contribution is 2.18. The Morgan fingerprint density at radius 3 is 2.74 bits per heavy atom. The minimum absolute atomic E-state index is 0.189. The molecule has 0 atom stereocenters. The molecule has 116 valence electrons. The van der Waals surface area contributed by atoms with Crippen molar-refractivity contribution in [2.45, 2.75) is 0 Å². The van der Waals surface area contributed by atoms with Gasteiger partial charge in [0.25, 0.3) is 5.91 Å². The summed E-state index contributed by atoms with van der Waals surface area (Å²) in [5.74, 6) is -0.407. The Hall–Kier alpha value is -3.15. The highest BCUT2D eigenvalue weighted by Gasteiger charge is 2.05. The Balaban J connectivity index is 1.55. The summed E-state index contributed by atoms with van der Waals surface area (Å²) >= 11 is 0. The molecule has 1 heterocycles. The summed E-state index contributed by atoms with van der Waals surface area (Å²) in [4.78, 5) is 18.8. The lowest BCUT2D eigenvalue weighted by Crippen LogP contribution is -2.20. The molecule has 0 aliphatic rings. The summed E-state index contributed by atoms with van der Waals surface area (Å²) < 4.78 is 18.2. The number of imidazole rings is 1. The largest absolute Gasteiger partial charge is 0.484 e. The van der Waals surface area contributed by atoms with E-state index in [0.717, 1.165) is 11.3 Å². The number of carbonyl (C=O) groups is 1. The van der Waals surface area contributed by atoms with Crippen LogP contribution in [0.15, 0.2) is 61.1 Å².